The summed E-state index contributed by atoms with van der Waals surface area (Å²) in [5.74, 6) is 0. The van der Waals surface area contributed by atoms with Crippen molar-refractivity contribution in [3.63, 3.8) is 0 Å². The quantitative estimate of drug-likeness (QED) is 0.566. The third-order valence-electron chi connectivity index (χ3n) is 1.86. The Bertz CT molecular complexity index is 351. The Morgan fingerprint density at radius 1 is 1.29 bits per heavy atom. The molecule has 0 fully saturated rings. The van der Waals surface area contributed by atoms with Crippen LogP contribution in [-0.2, 0) is 20.3 Å². The fourth-order valence-corrected chi connectivity index (χ4v) is 2.92. The Hall–Kier alpha value is -0.543. The van der Waals surface area contributed by atoms with E-state index in [1.165, 1.54) is 21.3 Å². The lowest BCUT2D eigenvalue weighted by Gasteiger charge is -2.21. The molecule has 1 aromatic heterocycles. The Balaban J connectivity index is 3.17. The molecular weight excluding hydrogens is 222 g/mol. The van der Waals surface area contributed by atoms with Crippen molar-refractivity contribution in [1.29, 1.82) is 0 Å². The van der Waals surface area contributed by atoms with Crippen molar-refractivity contribution in [2.45, 2.75) is 0 Å². The monoisotopic (exact) mass is 235 g/mol. The van der Waals surface area contributed by atoms with Crippen LogP contribution in [0.1, 0.15) is 0 Å². The largest absolute Gasteiger partial charge is 0.575 e. The van der Waals surface area contributed by atoms with Crippen LogP contribution in [0.3, 0.4) is 0 Å². The van der Waals surface area contributed by atoms with Gasteiger partial charge in [0.05, 0.1) is 0 Å². The molecule has 0 amide bonds. The molecule has 0 aromatic carbocycles. The van der Waals surface area contributed by atoms with E-state index in [0.717, 1.165) is 0 Å². The standard InChI is InChI=1S/C6H13N3O3SSi/c1-9-6(13)7-5(8-9)14(10-2,11-3)12-4/h1-4H3,(H,7,8,13). The fraction of sp³-hybridized carbons (Fsp3) is 0.667. The molecule has 0 saturated heterocycles. The molecule has 0 unspecified atom stereocenters. The lowest BCUT2D eigenvalue weighted by molar-refractivity contribution is 0.138. The minimum absolute atomic E-state index is 0.433. The average Bonchev–Trinajstić information content (AvgIpc) is 2.51. The van der Waals surface area contributed by atoms with Gasteiger partial charge in [-0.15, -0.1) is 0 Å². The Labute approximate surface area is 88.2 Å². The van der Waals surface area contributed by atoms with E-state index in [9.17, 15) is 0 Å². The van der Waals surface area contributed by atoms with Crippen molar-refractivity contribution in [1.82, 2.24) is 14.8 Å². The number of aryl methyl sites for hydroxylation is 1. The van der Waals surface area contributed by atoms with E-state index in [-0.39, 0.29) is 0 Å². The van der Waals surface area contributed by atoms with E-state index in [4.69, 9.17) is 25.5 Å². The van der Waals surface area contributed by atoms with Crippen LogP contribution < -0.4 is 5.45 Å². The highest BCUT2D eigenvalue weighted by atomic mass is 32.1. The highest BCUT2D eigenvalue weighted by Crippen LogP contribution is 2.03. The van der Waals surface area contributed by atoms with Gasteiger partial charge in [-0.3, -0.25) is 9.78 Å². The number of hydrogen-bond donors (Lipinski definition) is 1. The van der Waals surface area contributed by atoms with E-state index >= 15 is 0 Å². The van der Waals surface area contributed by atoms with Gasteiger partial charge in [0.2, 0.25) is 4.77 Å². The summed E-state index contributed by atoms with van der Waals surface area (Å²) in [6, 6.07) is 0. The number of hydrogen-bond acceptors (Lipinski definition) is 5. The molecule has 0 spiro atoms. The Morgan fingerprint density at radius 3 is 2.07 bits per heavy atom. The van der Waals surface area contributed by atoms with Gasteiger partial charge in [0.15, 0.2) is 5.45 Å². The van der Waals surface area contributed by atoms with Crippen molar-refractivity contribution in [2.75, 3.05) is 21.3 Å². The molecule has 0 aliphatic rings. The third kappa shape index (κ3) is 1.79. The lowest BCUT2D eigenvalue weighted by Crippen LogP contribution is -2.56. The van der Waals surface area contributed by atoms with Gasteiger partial charge in [-0.1, -0.05) is 0 Å². The van der Waals surface area contributed by atoms with E-state index in [1.54, 1.807) is 11.7 Å². The zero-order valence-electron chi connectivity index (χ0n) is 8.53. The minimum Gasteiger partial charge on any atom is -0.372 e. The number of rotatable bonds is 4. The van der Waals surface area contributed by atoms with Crippen molar-refractivity contribution in [3.05, 3.63) is 4.77 Å². The van der Waals surface area contributed by atoms with Crippen LogP contribution in [0, 0.1) is 4.77 Å². The predicted octanol–water partition coefficient (Wildman–Crippen LogP) is -0.437. The molecule has 0 atom stereocenters. The van der Waals surface area contributed by atoms with E-state index < -0.39 is 8.80 Å². The number of aromatic nitrogens is 3. The van der Waals surface area contributed by atoms with E-state index in [1.807, 2.05) is 0 Å². The van der Waals surface area contributed by atoms with Crippen LogP contribution in [0.25, 0.3) is 0 Å². The molecule has 0 radical (unpaired) electrons. The topological polar surface area (TPSA) is 61.3 Å². The summed E-state index contributed by atoms with van der Waals surface area (Å²) in [4.78, 5) is 4.10. The lowest BCUT2D eigenvalue weighted by atomic mass is 11.2. The van der Waals surface area contributed by atoms with Crippen molar-refractivity contribution in [2.24, 2.45) is 7.05 Å². The molecule has 80 valence electrons. The summed E-state index contributed by atoms with van der Waals surface area (Å²) in [6.07, 6.45) is 0. The average molecular weight is 235 g/mol. The Morgan fingerprint density at radius 2 is 1.79 bits per heavy atom. The molecule has 1 heterocycles. The van der Waals surface area contributed by atoms with Gasteiger partial charge in [-0.05, 0) is 12.2 Å². The zero-order valence-corrected chi connectivity index (χ0v) is 10.3. The normalized spacial score (nSPS) is 12.0. The van der Waals surface area contributed by atoms with Crippen LogP contribution in [0.5, 0.6) is 0 Å². The van der Waals surface area contributed by atoms with Crippen LogP contribution >= 0.6 is 12.2 Å². The van der Waals surface area contributed by atoms with Gasteiger partial charge in [0.1, 0.15) is 0 Å². The van der Waals surface area contributed by atoms with Gasteiger partial charge in [-0.25, -0.2) is 4.98 Å². The molecule has 6 nitrogen and oxygen atoms in total. The molecule has 14 heavy (non-hydrogen) atoms. The summed E-state index contributed by atoms with van der Waals surface area (Å²) in [7, 11) is 3.46. The van der Waals surface area contributed by atoms with Crippen LogP contribution in [-0.4, -0.2) is 44.9 Å². The maximum atomic E-state index is 5.23. The van der Waals surface area contributed by atoms with Crippen LogP contribution in [0.4, 0.5) is 0 Å². The first kappa shape index (κ1) is 11.5. The molecular formula is C6H13N3O3SSi. The number of H-pyrrole nitrogens is 1. The molecule has 0 aliphatic carbocycles. The molecule has 0 aliphatic heterocycles. The Kier molecular flexibility index (Phi) is 3.56. The zero-order chi connectivity index (χ0) is 10.8. The number of aromatic amines is 1. The molecule has 1 rings (SSSR count). The maximum Gasteiger partial charge on any atom is 0.575 e. The molecule has 0 saturated carbocycles. The van der Waals surface area contributed by atoms with E-state index in [2.05, 4.69) is 10.1 Å². The number of nitrogens with one attached hydrogen (secondary N) is 1. The first-order valence-corrected chi connectivity index (χ1v) is 6.02. The molecule has 1 N–H and O–H groups in total. The second kappa shape index (κ2) is 4.32. The number of nitrogens with zero attached hydrogens (tertiary/aromatic N) is 2. The second-order valence-corrected chi connectivity index (χ2v) is 5.76. The highest BCUT2D eigenvalue weighted by Gasteiger charge is 2.44. The van der Waals surface area contributed by atoms with Gasteiger partial charge in [-0.2, -0.15) is 0 Å². The summed E-state index contributed by atoms with van der Waals surface area (Å²) < 4.78 is 17.7. The van der Waals surface area contributed by atoms with Gasteiger partial charge in [0.25, 0.3) is 0 Å². The molecule has 0 bridgehead atoms. The van der Waals surface area contributed by atoms with Gasteiger partial charge < -0.3 is 13.3 Å². The highest BCUT2D eigenvalue weighted by molar-refractivity contribution is 7.71. The molecule has 1 aromatic rings. The van der Waals surface area contributed by atoms with E-state index in [0.29, 0.717) is 10.2 Å². The fourth-order valence-electron chi connectivity index (χ4n) is 1.08. The SMILES string of the molecule is CO[Si](OC)(OC)c1nc(=S)n(C)[nH]1. The summed E-state index contributed by atoms with van der Waals surface area (Å²) >= 11 is 4.96. The summed E-state index contributed by atoms with van der Waals surface area (Å²) in [5, 5.41) is 2.93. The molecule has 8 heteroatoms. The summed E-state index contributed by atoms with van der Waals surface area (Å²) in [6.45, 7) is 0. The summed E-state index contributed by atoms with van der Waals surface area (Å²) in [5.41, 5.74) is 0.512. The van der Waals surface area contributed by atoms with Crippen LogP contribution in [0.15, 0.2) is 0 Å². The first-order valence-electron chi connectivity index (χ1n) is 3.88. The minimum atomic E-state index is -2.86. The smallest absolute Gasteiger partial charge is 0.372 e. The maximum absolute atomic E-state index is 5.23. The van der Waals surface area contributed by atoms with Gasteiger partial charge in [0, 0.05) is 28.4 Å². The van der Waals surface area contributed by atoms with Gasteiger partial charge >= 0.3 is 8.80 Å². The van der Waals surface area contributed by atoms with Crippen molar-refractivity contribution in [3.8, 4) is 0 Å². The predicted molar refractivity (Wildman–Crippen MR) is 54.8 cm³/mol. The third-order valence-corrected chi connectivity index (χ3v) is 4.65. The first-order chi connectivity index (χ1) is 6.59. The van der Waals surface area contributed by atoms with Crippen molar-refractivity contribution >= 4 is 26.5 Å². The second-order valence-electron chi connectivity index (χ2n) is 2.58. The van der Waals surface area contributed by atoms with Crippen LogP contribution in [0.2, 0.25) is 0 Å². The van der Waals surface area contributed by atoms with Crippen molar-refractivity contribution < 1.29 is 13.3 Å².